The molecular weight excluding hydrogens is 268 g/mol. The van der Waals surface area contributed by atoms with Crippen molar-refractivity contribution in [2.45, 2.75) is 78.1 Å². The van der Waals surface area contributed by atoms with Crippen molar-refractivity contribution >= 4 is 18.2 Å². The van der Waals surface area contributed by atoms with Crippen LogP contribution in [0.15, 0.2) is 11.6 Å². The molecule has 0 N–H and O–H groups in total. The van der Waals surface area contributed by atoms with Crippen molar-refractivity contribution in [3.63, 3.8) is 0 Å². The lowest BCUT2D eigenvalue weighted by atomic mass is 10.1. The van der Waals surface area contributed by atoms with Crippen molar-refractivity contribution in [2.75, 3.05) is 0 Å². The number of unbranched alkanes of at least 4 members (excludes halogenated alkanes) is 8. The molecule has 0 aliphatic carbocycles. The number of hydrogen-bond donors (Lipinski definition) is 0. The van der Waals surface area contributed by atoms with Crippen molar-refractivity contribution in [1.82, 2.24) is 0 Å². The molecule has 0 saturated heterocycles. The maximum atomic E-state index is 11.4. The molecule has 0 unspecified atom stereocenters. The van der Waals surface area contributed by atoms with Crippen molar-refractivity contribution in [2.24, 2.45) is 0 Å². The second-order valence-electron chi connectivity index (χ2n) is 5.27. The van der Waals surface area contributed by atoms with Crippen LogP contribution >= 0.6 is 0 Å². The Kier molecular flexibility index (Phi) is 12.6. The Bertz CT molecular complexity index is 345. The van der Waals surface area contributed by atoms with Crippen LogP contribution in [0, 0.1) is 0 Å². The molecule has 0 bridgehead atoms. The van der Waals surface area contributed by atoms with Gasteiger partial charge in [-0.1, -0.05) is 44.6 Å². The molecule has 0 amide bonds. The number of carbonyl (C=O) groups excluding carboxylic acids is 3. The zero-order valence-electron chi connectivity index (χ0n) is 13.4. The zero-order chi connectivity index (χ0) is 15.9. The lowest BCUT2D eigenvalue weighted by Gasteiger charge is -2.03. The van der Waals surface area contributed by atoms with E-state index >= 15 is 0 Å². The summed E-state index contributed by atoms with van der Waals surface area (Å²) >= 11 is 0. The van der Waals surface area contributed by atoms with Gasteiger partial charge in [-0.05, 0) is 26.7 Å². The van der Waals surface area contributed by atoms with Crippen molar-refractivity contribution in [3.8, 4) is 0 Å². The summed E-state index contributed by atoms with van der Waals surface area (Å²) in [7, 11) is 0. The summed E-state index contributed by atoms with van der Waals surface area (Å²) in [6.45, 7) is 3.37. The molecule has 0 aliphatic rings. The van der Waals surface area contributed by atoms with E-state index in [1.54, 1.807) is 19.9 Å². The van der Waals surface area contributed by atoms with Crippen molar-refractivity contribution in [1.29, 1.82) is 0 Å². The van der Waals surface area contributed by atoms with Gasteiger partial charge in [0.1, 0.15) is 6.29 Å². The second kappa shape index (κ2) is 13.5. The van der Waals surface area contributed by atoms with Crippen LogP contribution in [-0.2, 0) is 19.1 Å². The lowest BCUT2D eigenvalue weighted by molar-refractivity contribution is -0.157. The van der Waals surface area contributed by atoms with E-state index in [4.69, 9.17) is 4.74 Å². The van der Waals surface area contributed by atoms with E-state index in [-0.39, 0.29) is 0 Å². The van der Waals surface area contributed by atoms with Crippen LogP contribution in [0.25, 0.3) is 0 Å². The highest BCUT2D eigenvalue weighted by atomic mass is 16.6. The minimum absolute atomic E-state index is 0.308. The zero-order valence-corrected chi connectivity index (χ0v) is 13.4. The topological polar surface area (TPSA) is 60.4 Å². The first kappa shape index (κ1) is 19.6. The first-order valence-corrected chi connectivity index (χ1v) is 7.93. The van der Waals surface area contributed by atoms with Gasteiger partial charge in [-0.3, -0.25) is 4.79 Å². The molecule has 0 aromatic rings. The van der Waals surface area contributed by atoms with E-state index in [1.807, 2.05) is 0 Å². The summed E-state index contributed by atoms with van der Waals surface area (Å²) in [4.78, 5) is 32.9. The Labute approximate surface area is 127 Å². The molecule has 0 fully saturated rings. The SMILES string of the molecule is CC=C(C)C(=O)OC(=O)CCCCCCCCCCC=O. The fourth-order valence-electron chi connectivity index (χ4n) is 1.91. The minimum atomic E-state index is -0.544. The van der Waals surface area contributed by atoms with E-state index < -0.39 is 11.9 Å². The highest BCUT2D eigenvalue weighted by Gasteiger charge is 2.10. The number of carbonyl (C=O) groups is 3. The van der Waals surface area contributed by atoms with Gasteiger partial charge >= 0.3 is 11.9 Å². The Hall–Kier alpha value is -1.45. The van der Waals surface area contributed by atoms with Crippen LogP contribution in [0.5, 0.6) is 0 Å². The first-order chi connectivity index (χ1) is 10.1. The molecule has 0 rings (SSSR count). The third-order valence-corrected chi connectivity index (χ3v) is 3.41. The largest absolute Gasteiger partial charge is 0.390 e. The Morgan fingerprint density at radius 2 is 1.43 bits per heavy atom. The third-order valence-electron chi connectivity index (χ3n) is 3.41. The van der Waals surface area contributed by atoms with Gasteiger partial charge in [-0.25, -0.2) is 4.79 Å². The molecule has 0 spiro atoms. The molecule has 21 heavy (non-hydrogen) atoms. The standard InChI is InChI=1S/C17H28O4/c1-3-15(2)17(20)21-16(19)13-11-9-7-5-4-6-8-10-12-14-18/h3,14H,4-13H2,1-2H3. The van der Waals surface area contributed by atoms with Gasteiger partial charge in [0.25, 0.3) is 0 Å². The molecule has 0 saturated carbocycles. The monoisotopic (exact) mass is 296 g/mol. The highest BCUT2D eigenvalue weighted by molar-refractivity contribution is 5.95. The third kappa shape index (κ3) is 12.0. The molecule has 0 radical (unpaired) electrons. The van der Waals surface area contributed by atoms with Crippen LogP contribution in [0.2, 0.25) is 0 Å². The van der Waals surface area contributed by atoms with Gasteiger partial charge in [-0.2, -0.15) is 0 Å². The molecule has 0 aliphatic heterocycles. The molecular formula is C17H28O4. The molecule has 120 valence electrons. The molecule has 0 atom stereocenters. The molecule has 0 aromatic carbocycles. The lowest BCUT2D eigenvalue weighted by Crippen LogP contribution is -2.12. The van der Waals surface area contributed by atoms with Crippen LogP contribution in [0.4, 0.5) is 0 Å². The quantitative estimate of drug-likeness (QED) is 0.179. The number of rotatable bonds is 12. The predicted octanol–water partition coefficient (Wildman–Crippen LogP) is 4.12. The summed E-state index contributed by atoms with van der Waals surface area (Å²) in [6, 6.07) is 0. The number of aldehydes is 1. The van der Waals surface area contributed by atoms with Gasteiger partial charge < -0.3 is 9.53 Å². The maximum absolute atomic E-state index is 11.4. The summed E-state index contributed by atoms with van der Waals surface area (Å²) in [5, 5.41) is 0. The maximum Gasteiger partial charge on any atom is 0.341 e. The van der Waals surface area contributed by atoms with Crippen LogP contribution in [-0.4, -0.2) is 18.2 Å². The van der Waals surface area contributed by atoms with Crippen molar-refractivity contribution < 1.29 is 19.1 Å². The predicted molar refractivity (Wildman–Crippen MR) is 82.8 cm³/mol. The Balaban J connectivity index is 3.40. The van der Waals surface area contributed by atoms with E-state index in [9.17, 15) is 14.4 Å². The van der Waals surface area contributed by atoms with E-state index in [1.165, 1.54) is 12.8 Å². The Morgan fingerprint density at radius 1 is 0.905 bits per heavy atom. The van der Waals surface area contributed by atoms with Crippen LogP contribution in [0.1, 0.15) is 78.1 Å². The summed E-state index contributed by atoms with van der Waals surface area (Å²) in [5.41, 5.74) is 0.456. The normalized spacial score (nSPS) is 11.2. The number of allylic oxidation sites excluding steroid dienone is 1. The minimum Gasteiger partial charge on any atom is -0.390 e. The van der Waals surface area contributed by atoms with E-state index in [0.29, 0.717) is 18.4 Å². The van der Waals surface area contributed by atoms with Gasteiger partial charge in [0, 0.05) is 18.4 Å². The average molecular weight is 296 g/mol. The van der Waals surface area contributed by atoms with Crippen LogP contribution in [0.3, 0.4) is 0 Å². The van der Waals surface area contributed by atoms with Gasteiger partial charge in [0.05, 0.1) is 0 Å². The fraction of sp³-hybridized carbons (Fsp3) is 0.706. The molecule has 0 aromatic heterocycles. The summed E-state index contributed by atoms with van der Waals surface area (Å²) in [6.07, 6.45) is 12.1. The van der Waals surface area contributed by atoms with E-state index in [0.717, 1.165) is 44.8 Å². The van der Waals surface area contributed by atoms with Gasteiger partial charge in [-0.15, -0.1) is 0 Å². The van der Waals surface area contributed by atoms with E-state index in [2.05, 4.69) is 0 Å². The molecule has 4 nitrogen and oxygen atoms in total. The first-order valence-electron chi connectivity index (χ1n) is 7.93. The summed E-state index contributed by atoms with van der Waals surface area (Å²) < 4.78 is 4.71. The molecule has 4 heteroatoms. The van der Waals surface area contributed by atoms with Crippen LogP contribution < -0.4 is 0 Å². The fourth-order valence-corrected chi connectivity index (χ4v) is 1.91. The molecule has 0 heterocycles. The number of esters is 2. The van der Waals surface area contributed by atoms with Gasteiger partial charge in [0.15, 0.2) is 0 Å². The van der Waals surface area contributed by atoms with Gasteiger partial charge in [0.2, 0.25) is 0 Å². The van der Waals surface area contributed by atoms with Crippen molar-refractivity contribution in [3.05, 3.63) is 11.6 Å². The smallest absolute Gasteiger partial charge is 0.341 e. The highest BCUT2D eigenvalue weighted by Crippen LogP contribution is 2.11. The average Bonchev–Trinajstić information content (AvgIpc) is 2.48. The number of hydrogen-bond acceptors (Lipinski definition) is 4. The summed E-state index contributed by atoms with van der Waals surface area (Å²) in [5.74, 6) is -0.979. The second-order valence-corrected chi connectivity index (χ2v) is 5.27. The number of ether oxygens (including phenoxy) is 1. The Morgan fingerprint density at radius 3 is 1.95 bits per heavy atom.